The smallest absolute Gasteiger partial charge is 0.251 e. The van der Waals surface area contributed by atoms with Crippen molar-refractivity contribution in [3.05, 3.63) is 65.7 Å². The van der Waals surface area contributed by atoms with Gasteiger partial charge in [-0.05, 0) is 62.3 Å². The largest absolute Gasteiger partial charge is 0.487 e. The number of ether oxygens (including phenoxy) is 1. The standard InChI is InChI=1S/C22H24F2N2O3/c23-15-8-6-14(7-9-15)22(28)25-18-13-19(29-17-5-3-4-16(24)12-17)21(27)20(18)26-10-1-2-11-26/h3-9,12,18-21,27H,1-2,10-11,13H2,(H,25,28)/t18-,19-,20+,21+/m1/s1. The Balaban J connectivity index is 1.51. The Morgan fingerprint density at radius 1 is 1.07 bits per heavy atom. The van der Waals surface area contributed by atoms with E-state index in [9.17, 15) is 18.7 Å². The van der Waals surface area contributed by atoms with Crippen molar-refractivity contribution in [1.29, 1.82) is 0 Å². The highest BCUT2D eigenvalue weighted by Gasteiger charge is 2.47. The first kappa shape index (κ1) is 19.8. The van der Waals surface area contributed by atoms with Crippen LogP contribution in [-0.4, -0.2) is 53.3 Å². The van der Waals surface area contributed by atoms with Crippen molar-refractivity contribution in [3.63, 3.8) is 0 Å². The van der Waals surface area contributed by atoms with Gasteiger partial charge in [0.05, 0.1) is 12.1 Å². The molecule has 1 heterocycles. The van der Waals surface area contributed by atoms with Crippen molar-refractivity contribution in [1.82, 2.24) is 10.2 Å². The molecule has 0 bridgehead atoms. The van der Waals surface area contributed by atoms with E-state index < -0.39 is 23.8 Å². The summed E-state index contributed by atoms with van der Waals surface area (Å²) in [7, 11) is 0. The number of aliphatic hydroxyl groups excluding tert-OH is 1. The average molecular weight is 402 g/mol. The number of aliphatic hydroxyl groups is 1. The lowest BCUT2D eigenvalue weighted by Crippen LogP contribution is -2.52. The Morgan fingerprint density at radius 3 is 2.48 bits per heavy atom. The van der Waals surface area contributed by atoms with Crippen LogP contribution >= 0.6 is 0 Å². The van der Waals surface area contributed by atoms with E-state index in [1.165, 1.54) is 36.4 Å². The van der Waals surface area contributed by atoms with Crippen LogP contribution in [0.2, 0.25) is 0 Å². The lowest BCUT2D eigenvalue weighted by molar-refractivity contribution is 0.0138. The fraction of sp³-hybridized carbons (Fsp3) is 0.409. The molecule has 1 amide bonds. The van der Waals surface area contributed by atoms with Gasteiger partial charge in [0.15, 0.2) is 0 Å². The minimum atomic E-state index is -0.824. The summed E-state index contributed by atoms with van der Waals surface area (Å²) in [6.45, 7) is 1.69. The SMILES string of the molecule is O=C(N[C@@H]1C[C@@H](Oc2cccc(F)c2)[C@H](O)[C@H]1N1CCCC1)c1ccc(F)cc1. The number of amides is 1. The number of rotatable bonds is 5. The molecule has 2 aromatic rings. The summed E-state index contributed by atoms with van der Waals surface area (Å²) in [4.78, 5) is 14.8. The summed E-state index contributed by atoms with van der Waals surface area (Å²) in [5, 5.41) is 14.0. The Bertz CT molecular complexity index is 855. The maximum Gasteiger partial charge on any atom is 0.251 e. The summed E-state index contributed by atoms with van der Waals surface area (Å²) >= 11 is 0. The topological polar surface area (TPSA) is 61.8 Å². The predicted molar refractivity (Wildman–Crippen MR) is 104 cm³/mol. The van der Waals surface area contributed by atoms with Crippen molar-refractivity contribution in [2.75, 3.05) is 13.1 Å². The van der Waals surface area contributed by atoms with Gasteiger partial charge >= 0.3 is 0 Å². The number of carbonyl (C=O) groups excluding carboxylic acids is 1. The molecule has 7 heteroatoms. The van der Waals surface area contributed by atoms with Crippen LogP contribution in [0.4, 0.5) is 8.78 Å². The number of nitrogens with one attached hydrogen (secondary N) is 1. The van der Waals surface area contributed by atoms with Gasteiger partial charge < -0.3 is 15.2 Å². The van der Waals surface area contributed by atoms with E-state index >= 15 is 0 Å². The van der Waals surface area contributed by atoms with E-state index in [2.05, 4.69) is 10.2 Å². The van der Waals surface area contributed by atoms with E-state index in [-0.39, 0.29) is 18.0 Å². The van der Waals surface area contributed by atoms with Crippen molar-refractivity contribution < 1.29 is 23.4 Å². The van der Waals surface area contributed by atoms with Gasteiger partial charge in [-0.25, -0.2) is 8.78 Å². The average Bonchev–Trinajstić information content (AvgIpc) is 3.31. The van der Waals surface area contributed by atoms with Gasteiger partial charge in [-0.15, -0.1) is 0 Å². The monoisotopic (exact) mass is 402 g/mol. The molecule has 1 aliphatic carbocycles. The number of nitrogens with zero attached hydrogens (tertiary/aromatic N) is 1. The van der Waals surface area contributed by atoms with Gasteiger partial charge in [0.25, 0.3) is 5.91 Å². The van der Waals surface area contributed by atoms with Gasteiger partial charge in [0.1, 0.15) is 29.6 Å². The third-order valence-electron chi connectivity index (χ3n) is 5.70. The molecule has 154 valence electrons. The van der Waals surface area contributed by atoms with E-state index in [0.717, 1.165) is 25.9 Å². The second-order valence-corrected chi connectivity index (χ2v) is 7.66. The predicted octanol–water partition coefficient (Wildman–Crippen LogP) is 2.74. The maximum absolute atomic E-state index is 13.5. The van der Waals surface area contributed by atoms with Crippen LogP contribution in [-0.2, 0) is 0 Å². The quantitative estimate of drug-likeness (QED) is 0.808. The minimum Gasteiger partial charge on any atom is -0.487 e. The van der Waals surface area contributed by atoms with Crippen LogP contribution in [0.25, 0.3) is 0 Å². The van der Waals surface area contributed by atoms with Gasteiger partial charge in [0, 0.05) is 18.1 Å². The molecule has 2 aliphatic rings. The lowest BCUT2D eigenvalue weighted by Gasteiger charge is -2.32. The van der Waals surface area contributed by atoms with Gasteiger partial charge in [-0.3, -0.25) is 9.69 Å². The number of halogens is 2. The molecule has 0 aromatic heterocycles. The van der Waals surface area contributed by atoms with Crippen LogP contribution in [0.1, 0.15) is 29.6 Å². The second-order valence-electron chi connectivity index (χ2n) is 7.66. The zero-order valence-corrected chi connectivity index (χ0v) is 15.9. The van der Waals surface area contributed by atoms with E-state index in [4.69, 9.17) is 4.74 Å². The minimum absolute atomic E-state index is 0.291. The third kappa shape index (κ3) is 4.41. The summed E-state index contributed by atoms with van der Waals surface area (Å²) < 4.78 is 32.5. The molecule has 29 heavy (non-hydrogen) atoms. The molecule has 0 radical (unpaired) electrons. The number of carbonyl (C=O) groups is 1. The van der Waals surface area contributed by atoms with Crippen LogP contribution in [0.5, 0.6) is 5.75 Å². The molecule has 4 atom stereocenters. The first-order valence-corrected chi connectivity index (χ1v) is 9.92. The number of benzene rings is 2. The Kier molecular flexibility index (Phi) is 5.78. The number of hydrogen-bond donors (Lipinski definition) is 2. The molecule has 0 spiro atoms. The van der Waals surface area contributed by atoms with Crippen LogP contribution in [0.15, 0.2) is 48.5 Å². The summed E-state index contributed by atoms with van der Waals surface area (Å²) in [6.07, 6.45) is 1.08. The molecule has 1 saturated heterocycles. The van der Waals surface area contributed by atoms with Crippen molar-refractivity contribution >= 4 is 5.91 Å². The fourth-order valence-electron chi connectivity index (χ4n) is 4.33. The molecule has 2 aromatic carbocycles. The summed E-state index contributed by atoms with van der Waals surface area (Å²) in [5.41, 5.74) is 0.357. The normalized spacial score (nSPS) is 27.1. The Labute approximate surface area is 168 Å². The molecule has 1 saturated carbocycles. The highest BCUT2D eigenvalue weighted by Crippen LogP contribution is 2.31. The molecule has 4 rings (SSSR count). The number of likely N-dealkylation sites (tertiary alicyclic amines) is 1. The lowest BCUT2D eigenvalue weighted by atomic mass is 10.1. The Hall–Kier alpha value is -2.51. The van der Waals surface area contributed by atoms with Gasteiger partial charge in [-0.2, -0.15) is 0 Å². The van der Waals surface area contributed by atoms with Crippen LogP contribution < -0.4 is 10.1 Å². The molecule has 1 aliphatic heterocycles. The molecular formula is C22H24F2N2O3. The molecular weight excluding hydrogens is 378 g/mol. The zero-order valence-electron chi connectivity index (χ0n) is 15.9. The molecule has 2 N–H and O–H groups in total. The van der Waals surface area contributed by atoms with Gasteiger partial charge in [-0.1, -0.05) is 6.07 Å². The number of hydrogen-bond acceptors (Lipinski definition) is 4. The highest BCUT2D eigenvalue weighted by molar-refractivity contribution is 5.94. The fourth-order valence-corrected chi connectivity index (χ4v) is 4.33. The second kappa shape index (κ2) is 8.47. The van der Waals surface area contributed by atoms with E-state index in [1.807, 2.05) is 0 Å². The van der Waals surface area contributed by atoms with Crippen molar-refractivity contribution in [2.24, 2.45) is 0 Å². The van der Waals surface area contributed by atoms with E-state index in [1.54, 1.807) is 12.1 Å². The summed E-state index contributed by atoms with van der Waals surface area (Å²) in [5.74, 6) is -0.791. The van der Waals surface area contributed by atoms with Crippen LogP contribution in [0.3, 0.4) is 0 Å². The molecule has 5 nitrogen and oxygen atoms in total. The first-order chi connectivity index (χ1) is 14.0. The summed E-state index contributed by atoms with van der Waals surface area (Å²) in [6, 6.07) is 10.5. The highest BCUT2D eigenvalue weighted by atomic mass is 19.1. The van der Waals surface area contributed by atoms with Gasteiger partial charge in [0.2, 0.25) is 0 Å². The van der Waals surface area contributed by atoms with Crippen molar-refractivity contribution in [3.8, 4) is 5.75 Å². The molecule has 2 fully saturated rings. The van der Waals surface area contributed by atoms with E-state index in [0.29, 0.717) is 17.7 Å². The van der Waals surface area contributed by atoms with Crippen LogP contribution in [0, 0.1) is 11.6 Å². The first-order valence-electron chi connectivity index (χ1n) is 9.92. The third-order valence-corrected chi connectivity index (χ3v) is 5.70. The Morgan fingerprint density at radius 2 is 1.79 bits per heavy atom. The van der Waals surface area contributed by atoms with Crippen molar-refractivity contribution in [2.45, 2.75) is 43.6 Å². The molecule has 0 unspecified atom stereocenters. The zero-order chi connectivity index (χ0) is 20.4. The maximum atomic E-state index is 13.5.